The Kier molecular flexibility index (Phi) is 3.67. The number of rotatable bonds is 4. The van der Waals surface area contributed by atoms with E-state index in [1.165, 1.54) is 12.1 Å². The van der Waals surface area contributed by atoms with Gasteiger partial charge in [-0.3, -0.25) is 0 Å². The first-order chi connectivity index (χ1) is 9.08. The topological polar surface area (TPSA) is 85.2 Å². The van der Waals surface area contributed by atoms with Crippen LogP contribution in [-0.2, 0) is 0 Å². The van der Waals surface area contributed by atoms with Crippen molar-refractivity contribution in [2.24, 2.45) is 5.41 Å². The van der Waals surface area contributed by atoms with Crippen molar-refractivity contribution in [3.63, 3.8) is 0 Å². The van der Waals surface area contributed by atoms with Crippen molar-refractivity contribution >= 4 is 11.7 Å². The van der Waals surface area contributed by atoms with Gasteiger partial charge in [0.1, 0.15) is 11.9 Å². The lowest BCUT2D eigenvalue weighted by Gasteiger charge is -2.13. The largest absolute Gasteiger partial charge is 0.396 e. The lowest BCUT2D eigenvalue weighted by Crippen LogP contribution is -2.35. The molecule has 3 N–H and O–H groups in total. The van der Waals surface area contributed by atoms with Crippen LogP contribution in [0.15, 0.2) is 18.2 Å². The Bertz CT molecular complexity index is 535. The Morgan fingerprint density at radius 1 is 1.53 bits per heavy atom. The van der Waals surface area contributed by atoms with Gasteiger partial charge in [0, 0.05) is 17.6 Å². The minimum absolute atomic E-state index is 0.0579. The van der Waals surface area contributed by atoms with E-state index in [0.717, 1.165) is 18.9 Å². The molecule has 0 bridgehead atoms. The van der Waals surface area contributed by atoms with E-state index in [4.69, 9.17) is 10.4 Å². The number of benzene rings is 1. The van der Waals surface area contributed by atoms with Crippen molar-refractivity contribution in [2.75, 3.05) is 18.5 Å². The highest BCUT2D eigenvalue weighted by atomic mass is 19.1. The quantitative estimate of drug-likeness (QED) is 0.771. The number of anilines is 1. The monoisotopic (exact) mass is 263 g/mol. The SMILES string of the molecule is N#Cc1cc(NC(=O)NCC2(CO)CC2)ccc1F. The highest BCUT2D eigenvalue weighted by molar-refractivity contribution is 5.89. The first kappa shape index (κ1) is 13.3. The van der Waals surface area contributed by atoms with E-state index in [1.54, 1.807) is 6.07 Å². The molecule has 2 amide bonds. The molecular weight excluding hydrogens is 249 g/mol. The second kappa shape index (κ2) is 5.24. The van der Waals surface area contributed by atoms with Crippen LogP contribution in [0.25, 0.3) is 0 Å². The number of urea groups is 1. The number of amides is 2. The van der Waals surface area contributed by atoms with Gasteiger partial charge in [-0.25, -0.2) is 9.18 Å². The number of carbonyl (C=O) groups is 1. The molecule has 0 unspecified atom stereocenters. The molecule has 1 aromatic rings. The van der Waals surface area contributed by atoms with Crippen LogP contribution in [0.4, 0.5) is 14.9 Å². The third kappa shape index (κ3) is 3.20. The van der Waals surface area contributed by atoms with Crippen LogP contribution in [0.2, 0.25) is 0 Å². The Labute approximate surface area is 110 Å². The summed E-state index contributed by atoms with van der Waals surface area (Å²) in [6, 6.07) is 5.05. The first-order valence-electron chi connectivity index (χ1n) is 5.94. The average molecular weight is 263 g/mol. The maximum Gasteiger partial charge on any atom is 0.319 e. The molecule has 0 heterocycles. The molecule has 1 saturated carbocycles. The summed E-state index contributed by atoms with van der Waals surface area (Å²) in [6.45, 7) is 0.462. The van der Waals surface area contributed by atoms with Gasteiger partial charge in [0.25, 0.3) is 0 Å². The number of hydrogen-bond donors (Lipinski definition) is 3. The van der Waals surface area contributed by atoms with E-state index in [2.05, 4.69) is 10.6 Å². The van der Waals surface area contributed by atoms with Gasteiger partial charge in [-0.2, -0.15) is 5.26 Å². The minimum atomic E-state index is -0.620. The fourth-order valence-electron chi connectivity index (χ4n) is 1.70. The van der Waals surface area contributed by atoms with Gasteiger partial charge in [-0.15, -0.1) is 0 Å². The molecule has 0 atom stereocenters. The summed E-state index contributed by atoms with van der Waals surface area (Å²) in [5, 5.41) is 23.0. The highest BCUT2D eigenvalue weighted by Crippen LogP contribution is 2.44. The molecule has 100 valence electrons. The maximum atomic E-state index is 13.1. The third-order valence-corrected chi connectivity index (χ3v) is 3.26. The molecule has 6 heteroatoms. The molecule has 1 aromatic carbocycles. The van der Waals surface area contributed by atoms with Crippen molar-refractivity contribution in [3.8, 4) is 6.07 Å². The molecule has 0 spiro atoms. The zero-order valence-electron chi connectivity index (χ0n) is 10.2. The van der Waals surface area contributed by atoms with Crippen LogP contribution in [0.1, 0.15) is 18.4 Å². The van der Waals surface area contributed by atoms with Gasteiger partial charge < -0.3 is 15.7 Å². The molecule has 19 heavy (non-hydrogen) atoms. The fourth-order valence-corrected chi connectivity index (χ4v) is 1.70. The summed E-state index contributed by atoms with van der Waals surface area (Å²) >= 11 is 0. The van der Waals surface area contributed by atoms with Crippen molar-refractivity contribution in [1.82, 2.24) is 5.32 Å². The number of halogens is 1. The summed E-state index contributed by atoms with van der Waals surface area (Å²) in [7, 11) is 0. The van der Waals surface area contributed by atoms with Crippen molar-refractivity contribution in [2.45, 2.75) is 12.8 Å². The lowest BCUT2D eigenvalue weighted by atomic mass is 10.1. The molecule has 1 fully saturated rings. The zero-order chi connectivity index (χ0) is 13.9. The van der Waals surface area contributed by atoms with E-state index < -0.39 is 11.8 Å². The van der Waals surface area contributed by atoms with Gasteiger partial charge in [0.05, 0.1) is 12.2 Å². The second-order valence-electron chi connectivity index (χ2n) is 4.77. The molecular formula is C13H14FN3O2. The number of hydrogen-bond acceptors (Lipinski definition) is 3. The molecule has 0 saturated heterocycles. The summed E-state index contributed by atoms with van der Waals surface area (Å²) < 4.78 is 13.1. The smallest absolute Gasteiger partial charge is 0.319 e. The molecule has 1 aliphatic carbocycles. The molecule has 5 nitrogen and oxygen atoms in total. The fraction of sp³-hybridized carbons (Fsp3) is 0.385. The molecule has 0 aromatic heterocycles. The van der Waals surface area contributed by atoms with E-state index in [-0.39, 0.29) is 17.6 Å². The molecule has 2 rings (SSSR count). The van der Waals surface area contributed by atoms with Gasteiger partial charge in [-0.1, -0.05) is 0 Å². The number of aliphatic hydroxyl groups is 1. The second-order valence-corrected chi connectivity index (χ2v) is 4.77. The predicted molar refractivity (Wildman–Crippen MR) is 66.9 cm³/mol. The number of aliphatic hydroxyl groups excluding tert-OH is 1. The van der Waals surface area contributed by atoms with Gasteiger partial charge in [0.15, 0.2) is 0 Å². The predicted octanol–water partition coefficient (Wildman–Crippen LogP) is 1.59. The maximum absolute atomic E-state index is 13.1. The van der Waals surface area contributed by atoms with E-state index in [9.17, 15) is 9.18 Å². The van der Waals surface area contributed by atoms with Gasteiger partial charge in [0.2, 0.25) is 0 Å². The summed E-state index contributed by atoms with van der Waals surface area (Å²) in [5.74, 6) is -0.620. The highest BCUT2D eigenvalue weighted by Gasteiger charge is 2.42. The van der Waals surface area contributed by atoms with Gasteiger partial charge >= 0.3 is 6.03 Å². The van der Waals surface area contributed by atoms with Crippen LogP contribution in [0.3, 0.4) is 0 Å². The average Bonchev–Trinajstić information content (AvgIpc) is 3.19. The van der Waals surface area contributed by atoms with E-state index in [1.807, 2.05) is 0 Å². The Morgan fingerprint density at radius 3 is 2.84 bits per heavy atom. The first-order valence-corrected chi connectivity index (χ1v) is 5.94. The molecule has 1 aliphatic rings. The van der Waals surface area contributed by atoms with Crippen molar-refractivity contribution in [3.05, 3.63) is 29.6 Å². The van der Waals surface area contributed by atoms with E-state index >= 15 is 0 Å². The van der Waals surface area contributed by atoms with Crippen LogP contribution in [-0.4, -0.2) is 24.3 Å². The Hall–Kier alpha value is -2.13. The van der Waals surface area contributed by atoms with E-state index in [0.29, 0.717) is 12.2 Å². The van der Waals surface area contributed by atoms with Crippen LogP contribution < -0.4 is 10.6 Å². The number of carbonyl (C=O) groups excluding carboxylic acids is 1. The summed E-state index contributed by atoms with van der Waals surface area (Å²) in [4.78, 5) is 11.6. The van der Waals surface area contributed by atoms with Crippen LogP contribution in [0, 0.1) is 22.6 Å². The van der Waals surface area contributed by atoms with Crippen LogP contribution in [0.5, 0.6) is 0 Å². The number of nitrogens with zero attached hydrogens (tertiary/aromatic N) is 1. The van der Waals surface area contributed by atoms with Gasteiger partial charge in [-0.05, 0) is 31.0 Å². The van der Waals surface area contributed by atoms with Crippen molar-refractivity contribution < 1.29 is 14.3 Å². The Balaban J connectivity index is 1.90. The minimum Gasteiger partial charge on any atom is -0.396 e. The zero-order valence-corrected chi connectivity index (χ0v) is 10.2. The molecule has 0 radical (unpaired) electrons. The lowest BCUT2D eigenvalue weighted by molar-refractivity contribution is 0.206. The third-order valence-electron chi connectivity index (χ3n) is 3.26. The van der Waals surface area contributed by atoms with Crippen LogP contribution >= 0.6 is 0 Å². The standard InChI is InChI=1S/C13H14FN3O2/c14-11-2-1-10(5-9(11)6-15)17-12(19)16-7-13(8-18)3-4-13/h1-2,5,18H,3-4,7-8H2,(H2,16,17,19). The normalized spacial score (nSPS) is 15.4. The Morgan fingerprint density at radius 2 is 2.26 bits per heavy atom. The van der Waals surface area contributed by atoms with Crippen molar-refractivity contribution in [1.29, 1.82) is 5.26 Å². The number of nitriles is 1. The summed E-state index contributed by atoms with van der Waals surface area (Å²) in [6.07, 6.45) is 1.80. The molecule has 0 aliphatic heterocycles. The number of nitrogens with one attached hydrogen (secondary N) is 2. The summed E-state index contributed by atoms with van der Waals surface area (Å²) in [5.41, 5.74) is 0.0638.